The van der Waals surface area contributed by atoms with Gasteiger partial charge >= 0.3 is 5.97 Å². The molecular formula is C13H15NO4. The highest BCUT2D eigenvalue weighted by Crippen LogP contribution is 2.07. The number of ether oxygens (including phenoxy) is 1. The Morgan fingerprint density at radius 1 is 1.22 bits per heavy atom. The molecule has 0 heterocycles. The molecule has 0 radical (unpaired) electrons. The van der Waals surface area contributed by atoms with Gasteiger partial charge in [-0.1, -0.05) is 23.8 Å². The van der Waals surface area contributed by atoms with E-state index in [1.165, 1.54) is 6.08 Å². The average Bonchev–Trinajstić information content (AvgIpc) is 2.34. The maximum Gasteiger partial charge on any atom is 0.355 e. The van der Waals surface area contributed by atoms with Crippen LogP contribution in [-0.4, -0.2) is 18.5 Å². The van der Waals surface area contributed by atoms with Crippen molar-refractivity contribution in [2.45, 2.75) is 13.8 Å². The van der Waals surface area contributed by atoms with E-state index in [0.29, 0.717) is 5.75 Å². The summed E-state index contributed by atoms with van der Waals surface area (Å²) in [6.07, 6.45) is 1.28. The number of allylic oxidation sites excluding steroid dienone is 1. The minimum atomic E-state index is -0.622. The van der Waals surface area contributed by atoms with Gasteiger partial charge in [0.2, 0.25) is 0 Å². The molecule has 0 bridgehead atoms. The van der Waals surface area contributed by atoms with E-state index in [1.807, 2.05) is 11.5 Å². The summed E-state index contributed by atoms with van der Waals surface area (Å²) in [6.45, 7) is 3.29. The summed E-state index contributed by atoms with van der Waals surface area (Å²) in [7, 11) is 0. The molecular weight excluding hydrogens is 234 g/mol. The molecule has 0 atom stereocenters. The molecule has 0 aliphatic carbocycles. The molecule has 5 nitrogen and oxygen atoms in total. The Morgan fingerprint density at radius 2 is 1.89 bits per heavy atom. The summed E-state index contributed by atoms with van der Waals surface area (Å²) in [6, 6.07) is 8.88. The molecule has 0 saturated carbocycles. The Hall–Kier alpha value is -2.30. The van der Waals surface area contributed by atoms with Crippen LogP contribution in [0.15, 0.2) is 42.0 Å². The molecule has 18 heavy (non-hydrogen) atoms. The second-order valence-corrected chi connectivity index (χ2v) is 3.77. The molecule has 0 aliphatic heterocycles. The predicted octanol–water partition coefficient (Wildman–Crippen LogP) is 1.61. The quantitative estimate of drug-likeness (QED) is 0.650. The lowest BCUT2D eigenvalue weighted by Crippen LogP contribution is -2.30. The summed E-state index contributed by atoms with van der Waals surface area (Å²) in [4.78, 5) is 26.9. The van der Waals surface area contributed by atoms with Crippen LogP contribution in [0.4, 0.5) is 0 Å². The van der Waals surface area contributed by atoms with E-state index >= 15 is 0 Å². The number of carbonyl (C=O) groups excluding carboxylic acids is 2. The third-order valence-electron chi connectivity index (χ3n) is 1.79. The highest BCUT2D eigenvalue weighted by Gasteiger charge is 2.05. The Labute approximate surface area is 105 Å². The highest BCUT2D eigenvalue weighted by molar-refractivity contribution is 5.84. The Bertz CT molecular complexity index is 436. The number of hydrogen-bond acceptors (Lipinski definition) is 4. The number of hydrogen-bond donors (Lipinski definition) is 1. The lowest BCUT2D eigenvalue weighted by atomic mass is 10.3. The van der Waals surface area contributed by atoms with Gasteiger partial charge in [0.15, 0.2) is 6.61 Å². The van der Waals surface area contributed by atoms with Gasteiger partial charge in [0.1, 0.15) is 5.75 Å². The van der Waals surface area contributed by atoms with Crippen LogP contribution in [0.2, 0.25) is 0 Å². The topological polar surface area (TPSA) is 64.6 Å². The first-order valence-electron chi connectivity index (χ1n) is 5.40. The van der Waals surface area contributed by atoms with Crippen LogP contribution in [-0.2, 0) is 14.4 Å². The molecule has 0 spiro atoms. The van der Waals surface area contributed by atoms with Gasteiger partial charge in [-0.25, -0.2) is 4.79 Å². The molecule has 0 aliphatic rings. The van der Waals surface area contributed by atoms with Crippen molar-refractivity contribution in [2.24, 2.45) is 0 Å². The smallest absolute Gasteiger partial charge is 0.355 e. The number of hydroxylamine groups is 1. The van der Waals surface area contributed by atoms with Gasteiger partial charge in [-0.3, -0.25) is 4.79 Å². The molecule has 0 saturated heterocycles. The van der Waals surface area contributed by atoms with Crippen molar-refractivity contribution in [3.05, 3.63) is 42.0 Å². The molecule has 1 aromatic carbocycles. The van der Waals surface area contributed by atoms with Crippen molar-refractivity contribution < 1.29 is 19.2 Å². The molecule has 1 rings (SSSR count). The van der Waals surface area contributed by atoms with E-state index < -0.39 is 11.9 Å². The van der Waals surface area contributed by atoms with Crippen LogP contribution in [0, 0.1) is 0 Å². The van der Waals surface area contributed by atoms with Gasteiger partial charge in [-0.2, -0.15) is 5.48 Å². The standard InChI is InChI=1S/C13H15NO4/c1-10(2)8-13(16)18-14-12(15)9-17-11-6-4-3-5-7-11/h3-8H,9H2,1-2H3,(H,14,15). The van der Waals surface area contributed by atoms with Gasteiger partial charge in [-0.15, -0.1) is 0 Å². The predicted molar refractivity (Wildman–Crippen MR) is 65.6 cm³/mol. The maximum absolute atomic E-state index is 11.3. The second-order valence-electron chi connectivity index (χ2n) is 3.77. The third-order valence-corrected chi connectivity index (χ3v) is 1.79. The third kappa shape index (κ3) is 5.69. The van der Waals surface area contributed by atoms with E-state index in [4.69, 9.17) is 4.74 Å². The van der Waals surface area contributed by atoms with Crippen molar-refractivity contribution in [3.8, 4) is 5.75 Å². The van der Waals surface area contributed by atoms with Crippen LogP contribution >= 0.6 is 0 Å². The number of amides is 1. The van der Waals surface area contributed by atoms with Gasteiger partial charge in [0.05, 0.1) is 0 Å². The van der Waals surface area contributed by atoms with Gasteiger partial charge < -0.3 is 9.57 Å². The van der Waals surface area contributed by atoms with Crippen molar-refractivity contribution >= 4 is 11.9 Å². The summed E-state index contributed by atoms with van der Waals surface area (Å²) < 4.78 is 5.16. The number of rotatable bonds is 4. The normalized spacial score (nSPS) is 9.22. The molecule has 1 aromatic rings. The molecule has 5 heteroatoms. The zero-order chi connectivity index (χ0) is 13.4. The van der Waals surface area contributed by atoms with E-state index in [1.54, 1.807) is 38.1 Å². The first-order valence-corrected chi connectivity index (χ1v) is 5.40. The molecule has 0 unspecified atom stereocenters. The first-order chi connectivity index (χ1) is 8.58. The van der Waals surface area contributed by atoms with Crippen LogP contribution in [0.3, 0.4) is 0 Å². The molecule has 1 N–H and O–H groups in total. The number of nitrogens with one attached hydrogen (secondary N) is 1. The summed E-state index contributed by atoms with van der Waals surface area (Å²) in [5.41, 5.74) is 2.79. The van der Waals surface area contributed by atoms with Crippen molar-refractivity contribution in [1.29, 1.82) is 0 Å². The molecule has 0 aromatic heterocycles. The Balaban J connectivity index is 2.26. The maximum atomic E-state index is 11.3. The van der Waals surface area contributed by atoms with Crippen LogP contribution in [0.1, 0.15) is 13.8 Å². The van der Waals surface area contributed by atoms with Crippen molar-refractivity contribution in [3.63, 3.8) is 0 Å². The largest absolute Gasteiger partial charge is 0.484 e. The average molecular weight is 249 g/mol. The molecule has 0 fully saturated rings. The SMILES string of the molecule is CC(C)=CC(=O)ONC(=O)COc1ccccc1. The van der Waals surface area contributed by atoms with E-state index in [2.05, 4.69) is 4.84 Å². The van der Waals surface area contributed by atoms with E-state index in [9.17, 15) is 9.59 Å². The van der Waals surface area contributed by atoms with Gasteiger partial charge in [-0.05, 0) is 26.0 Å². The first kappa shape index (κ1) is 13.8. The highest BCUT2D eigenvalue weighted by atomic mass is 16.7. The van der Waals surface area contributed by atoms with Crippen molar-refractivity contribution in [1.82, 2.24) is 5.48 Å². The van der Waals surface area contributed by atoms with Crippen LogP contribution in [0.25, 0.3) is 0 Å². The number of carbonyl (C=O) groups is 2. The fourth-order valence-corrected chi connectivity index (χ4v) is 1.07. The fourth-order valence-electron chi connectivity index (χ4n) is 1.07. The fraction of sp³-hybridized carbons (Fsp3) is 0.231. The van der Waals surface area contributed by atoms with E-state index in [0.717, 1.165) is 5.57 Å². The minimum absolute atomic E-state index is 0.216. The minimum Gasteiger partial charge on any atom is -0.484 e. The zero-order valence-corrected chi connectivity index (χ0v) is 10.3. The van der Waals surface area contributed by atoms with Gasteiger partial charge in [0, 0.05) is 6.08 Å². The van der Waals surface area contributed by atoms with E-state index in [-0.39, 0.29) is 6.61 Å². The number of benzene rings is 1. The Kier molecular flexibility index (Phi) is 5.44. The molecule has 96 valence electrons. The van der Waals surface area contributed by atoms with Gasteiger partial charge in [0.25, 0.3) is 5.91 Å². The molecule has 1 amide bonds. The lowest BCUT2D eigenvalue weighted by molar-refractivity contribution is -0.154. The lowest BCUT2D eigenvalue weighted by Gasteiger charge is -2.06. The number of para-hydroxylation sites is 1. The van der Waals surface area contributed by atoms with Crippen molar-refractivity contribution in [2.75, 3.05) is 6.61 Å². The summed E-state index contributed by atoms with van der Waals surface area (Å²) in [5, 5.41) is 0. The summed E-state index contributed by atoms with van der Waals surface area (Å²) in [5.74, 6) is -0.583. The zero-order valence-electron chi connectivity index (χ0n) is 10.3. The second kappa shape index (κ2) is 7.11. The summed E-state index contributed by atoms with van der Waals surface area (Å²) >= 11 is 0. The monoisotopic (exact) mass is 249 g/mol. The van der Waals surface area contributed by atoms with Crippen LogP contribution in [0.5, 0.6) is 5.75 Å². The Morgan fingerprint density at radius 3 is 2.50 bits per heavy atom. The van der Waals surface area contributed by atoms with Crippen LogP contribution < -0.4 is 10.2 Å².